The molecule has 0 unspecified atom stereocenters. The van der Waals surface area contributed by atoms with Crippen molar-refractivity contribution in [3.05, 3.63) is 32.3 Å². The van der Waals surface area contributed by atoms with E-state index < -0.39 is 34.0 Å². The summed E-state index contributed by atoms with van der Waals surface area (Å²) in [5.74, 6) is 0. The number of alkyl halides is 1. The highest BCUT2D eigenvalue weighted by Crippen LogP contribution is 2.36. The zero-order chi connectivity index (χ0) is 21.2. The second kappa shape index (κ2) is 8.55. The Balaban J connectivity index is 3.59. The summed E-state index contributed by atoms with van der Waals surface area (Å²) in [5, 5.41) is 11.9. The second-order valence-corrected chi connectivity index (χ2v) is 9.03. The van der Waals surface area contributed by atoms with Gasteiger partial charge < -0.3 is 9.47 Å². The minimum atomic E-state index is -1.07. The van der Waals surface area contributed by atoms with Crippen LogP contribution in [0.25, 0.3) is 0 Å². The molecule has 0 heterocycles. The van der Waals surface area contributed by atoms with E-state index in [9.17, 15) is 19.7 Å². The summed E-state index contributed by atoms with van der Waals surface area (Å²) in [6.45, 7) is 9.73. The summed E-state index contributed by atoms with van der Waals surface area (Å²) >= 11 is 6.54. The second-order valence-electron chi connectivity index (χ2n) is 7.62. The van der Waals surface area contributed by atoms with Gasteiger partial charge in [0.25, 0.3) is 5.69 Å². The van der Waals surface area contributed by atoms with Gasteiger partial charge in [-0.2, -0.15) is 4.90 Å². The lowest BCUT2D eigenvalue weighted by Crippen LogP contribution is -2.44. The number of carbonyl (C=O) groups is 2. The fraction of sp³-hybridized carbons (Fsp3) is 0.529. The average Bonchev–Trinajstić information content (AvgIpc) is 2.43. The fourth-order valence-electron chi connectivity index (χ4n) is 1.91. The van der Waals surface area contributed by atoms with Crippen molar-refractivity contribution in [2.75, 3.05) is 4.90 Å². The molecule has 150 valence electrons. The lowest BCUT2D eigenvalue weighted by molar-refractivity contribution is -0.384. The van der Waals surface area contributed by atoms with Gasteiger partial charge in [0.1, 0.15) is 16.9 Å². The van der Waals surface area contributed by atoms with Crippen molar-refractivity contribution in [1.82, 2.24) is 0 Å². The molecule has 0 bridgehead atoms. The van der Waals surface area contributed by atoms with Crippen LogP contribution in [0, 0.1) is 10.1 Å². The monoisotopic (exact) mass is 508 g/mol. The highest BCUT2D eigenvalue weighted by Gasteiger charge is 2.37. The Morgan fingerprint density at radius 3 is 1.85 bits per heavy atom. The van der Waals surface area contributed by atoms with Gasteiger partial charge in [-0.3, -0.25) is 10.1 Å². The zero-order valence-electron chi connectivity index (χ0n) is 16.0. The van der Waals surface area contributed by atoms with E-state index in [2.05, 4.69) is 31.9 Å². The number of hydrogen-bond acceptors (Lipinski definition) is 6. The fourth-order valence-corrected chi connectivity index (χ4v) is 3.22. The summed E-state index contributed by atoms with van der Waals surface area (Å²) in [4.78, 5) is 36.8. The van der Waals surface area contributed by atoms with Crippen molar-refractivity contribution >= 4 is 55.4 Å². The van der Waals surface area contributed by atoms with Crippen LogP contribution in [0.5, 0.6) is 0 Å². The lowest BCUT2D eigenvalue weighted by Gasteiger charge is -2.28. The quantitative estimate of drug-likeness (QED) is 0.284. The molecule has 1 aromatic carbocycles. The normalized spacial score (nSPS) is 11.7. The smallest absolute Gasteiger partial charge is 0.424 e. The summed E-state index contributed by atoms with van der Waals surface area (Å²) in [6, 6.07) is 2.60. The van der Waals surface area contributed by atoms with Crippen LogP contribution in [0.3, 0.4) is 0 Å². The number of anilines is 1. The topological polar surface area (TPSA) is 99.0 Å². The van der Waals surface area contributed by atoms with Crippen molar-refractivity contribution < 1.29 is 24.0 Å². The van der Waals surface area contributed by atoms with Crippen LogP contribution in [-0.2, 0) is 14.8 Å². The molecule has 1 rings (SSSR count). The standard InChI is InChI=1S/C17H22Br2N2O6/c1-16(2,3)26-14(22)20(15(23)27-17(4,5)6)12-8-11(19)10(9-18)7-13(12)21(24)25/h7-8H,9H2,1-6H3. The van der Waals surface area contributed by atoms with Gasteiger partial charge in [0.15, 0.2) is 0 Å². The van der Waals surface area contributed by atoms with Crippen LogP contribution in [0.1, 0.15) is 47.1 Å². The number of hydrogen-bond donors (Lipinski definition) is 0. The highest BCUT2D eigenvalue weighted by atomic mass is 79.9. The van der Waals surface area contributed by atoms with E-state index in [0.29, 0.717) is 20.3 Å². The first-order chi connectivity index (χ1) is 12.2. The highest BCUT2D eigenvalue weighted by molar-refractivity contribution is 9.10. The summed E-state index contributed by atoms with van der Waals surface area (Å²) in [7, 11) is 0. The maximum Gasteiger partial charge on any atom is 0.424 e. The van der Waals surface area contributed by atoms with Crippen molar-refractivity contribution in [3.8, 4) is 0 Å². The predicted molar refractivity (Wildman–Crippen MR) is 108 cm³/mol. The third kappa shape index (κ3) is 6.76. The van der Waals surface area contributed by atoms with Gasteiger partial charge in [0, 0.05) is 15.9 Å². The largest absolute Gasteiger partial charge is 0.443 e. The lowest BCUT2D eigenvalue weighted by atomic mass is 10.1. The van der Waals surface area contributed by atoms with Crippen LogP contribution in [0.15, 0.2) is 16.6 Å². The third-order valence-corrected chi connectivity index (χ3v) is 4.22. The van der Waals surface area contributed by atoms with Gasteiger partial charge in [-0.05, 0) is 53.2 Å². The predicted octanol–water partition coefficient (Wildman–Crippen LogP) is 5.93. The molecule has 27 heavy (non-hydrogen) atoms. The van der Waals surface area contributed by atoms with Gasteiger partial charge in [0.05, 0.1) is 4.92 Å². The maximum absolute atomic E-state index is 12.7. The summed E-state index contributed by atoms with van der Waals surface area (Å²) in [5.41, 5.74) is -1.93. The van der Waals surface area contributed by atoms with Gasteiger partial charge in [-0.15, -0.1) is 0 Å². The summed E-state index contributed by atoms with van der Waals surface area (Å²) < 4.78 is 11.0. The summed E-state index contributed by atoms with van der Waals surface area (Å²) in [6.07, 6.45) is -2.14. The number of rotatable bonds is 3. The molecule has 0 saturated heterocycles. The molecule has 0 atom stereocenters. The number of imide groups is 1. The van der Waals surface area contributed by atoms with E-state index in [1.807, 2.05) is 0 Å². The van der Waals surface area contributed by atoms with Crippen molar-refractivity contribution in [2.24, 2.45) is 0 Å². The third-order valence-electron chi connectivity index (χ3n) is 2.88. The molecule has 8 nitrogen and oxygen atoms in total. The number of halogens is 2. The van der Waals surface area contributed by atoms with E-state index in [0.717, 1.165) is 0 Å². The molecule has 2 amide bonds. The Labute approximate surface area is 174 Å². The van der Waals surface area contributed by atoms with E-state index in [4.69, 9.17) is 9.47 Å². The number of amides is 2. The van der Waals surface area contributed by atoms with E-state index >= 15 is 0 Å². The maximum atomic E-state index is 12.7. The average molecular weight is 510 g/mol. The zero-order valence-corrected chi connectivity index (χ0v) is 19.1. The number of nitrogens with zero attached hydrogens (tertiary/aromatic N) is 2. The number of nitro benzene ring substituents is 1. The van der Waals surface area contributed by atoms with Crippen LogP contribution >= 0.6 is 31.9 Å². The molecule has 0 saturated carbocycles. The van der Waals surface area contributed by atoms with Crippen LogP contribution < -0.4 is 4.90 Å². The van der Waals surface area contributed by atoms with Crippen LogP contribution in [0.4, 0.5) is 21.0 Å². The molecule has 0 spiro atoms. The van der Waals surface area contributed by atoms with Gasteiger partial charge >= 0.3 is 12.2 Å². The Bertz CT molecular complexity index is 725. The Hall–Kier alpha value is -1.68. The first-order valence-electron chi connectivity index (χ1n) is 7.95. The molecule has 0 aliphatic rings. The van der Waals surface area contributed by atoms with Crippen molar-refractivity contribution in [1.29, 1.82) is 0 Å². The molecule has 1 aromatic rings. The molecule has 0 radical (unpaired) electrons. The van der Waals surface area contributed by atoms with E-state index in [1.54, 1.807) is 41.5 Å². The molecule has 0 fully saturated rings. The van der Waals surface area contributed by atoms with Crippen LogP contribution in [-0.4, -0.2) is 28.3 Å². The first kappa shape index (κ1) is 23.4. The molecular weight excluding hydrogens is 488 g/mol. The van der Waals surface area contributed by atoms with E-state index in [-0.39, 0.29) is 5.69 Å². The Morgan fingerprint density at radius 2 is 1.52 bits per heavy atom. The van der Waals surface area contributed by atoms with Crippen molar-refractivity contribution in [3.63, 3.8) is 0 Å². The van der Waals surface area contributed by atoms with Gasteiger partial charge in [0.2, 0.25) is 0 Å². The minimum Gasteiger partial charge on any atom is -0.443 e. The Kier molecular flexibility index (Phi) is 7.40. The van der Waals surface area contributed by atoms with Gasteiger partial charge in [-0.1, -0.05) is 31.9 Å². The number of benzene rings is 1. The molecule has 10 heteroatoms. The van der Waals surface area contributed by atoms with Crippen LogP contribution in [0.2, 0.25) is 0 Å². The number of ether oxygens (including phenoxy) is 2. The molecule has 0 aliphatic carbocycles. The minimum absolute atomic E-state index is 0.250. The molecule has 0 aliphatic heterocycles. The van der Waals surface area contributed by atoms with E-state index in [1.165, 1.54) is 12.1 Å². The molecular formula is C17H22Br2N2O6. The Morgan fingerprint density at radius 1 is 1.07 bits per heavy atom. The number of nitro groups is 1. The molecule has 0 aromatic heterocycles. The van der Waals surface area contributed by atoms with Crippen molar-refractivity contribution in [2.45, 2.75) is 58.1 Å². The van der Waals surface area contributed by atoms with Gasteiger partial charge in [-0.25, -0.2) is 9.59 Å². The number of carbonyl (C=O) groups excluding carboxylic acids is 2. The SMILES string of the molecule is CC(C)(C)OC(=O)N(C(=O)OC(C)(C)C)c1cc(Br)c(CBr)cc1[N+](=O)[O-]. The molecule has 0 N–H and O–H groups in total. The first-order valence-corrected chi connectivity index (χ1v) is 9.86.